The predicted molar refractivity (Wildman–Crippen MR) is 106 cm³/mol. The zero-order valence-electron chi connectivity index (χ0n) is 15.2. The summed E-state index contributed by atoms with van der Waals surface area (Å²) in [4.78, 5) is 20.9. The number of nitrogens with two attached hydrogens (primary N) is 1. The van der Waals surface area contributed by atoms with Gasteiger partial charge in [0.1, 0.15) is 36.1 Å². The van der Waals surface area contributed by atoms with Crippen molar-refractivity contribution in [2.75, 3.05) is 13.3 Å². The van der Waals surface area contributed by atoms with Crippen LogP contribution in [0.15, 0.2) is 53.0 Å². The van der Waals surface area contributed by atoms with Crippen LogP contribution < -0.4 is 10.5 Å². The lowest BCUT2D eigenvalue weighted by atomic mass is 9.90. The van der Waals surface area contributed by atoms with Gasteiger partial charge in [0.05, 0.1) is 6.20 Å². The summed E-state index contributed by atoms with van der Waals surface area (Å²) in [6.45, 7) is 1.10. The van der Waals surface area contributed by atoms with Gasteiger partial charge in [-0.15, -0.1) is 0 Å². The third kappa shape index (κ3) is 4.56. The fourth-order valence-corrected chi connectivity index (χ4v) is 3.53. The van der Waals surface area contributed by atoms with Gasteiger partial charge in [-0.1, -0.05) is 17.8 Å². The van der Waals surface area contributed by atoms with Gasteiger partial charge in [-0.3, -0.25) is 4.79 Å². The van der Waals surface area contributed by atoms with Crippen LogP contribution in [0.4, 0.5) is 8.78 Å². The lowest BCUT2D eigenvalue weighted by Gasteiger charge is -2.26. The number of ketones is 1. The average molecular weight is 403 g/mol. The minimum Gasteiger partial charge on any atom is -0.489 e. The van der Waals surface area contributed by atoms with Crippen molar-refractivity contribution in [3.63, 3.8) is 0 Å². The van der Waals surface area contributed by atoms with E-state index in [9.17, 15) is 13.6 Å². The van der Waals surface area contributed by atoms with Crippen LogP contribution in [0.2, 0.25) is 0 Å². The molecule has 0 amide bonds. The number of rotatable bonds is 7. The second-order valence-corrected chi connectivity index (χ2v) is 7.28. The van der Waals surface area contributed by atoms with E-state index < -0.39 is 18.0 Å². The van der Waals surface area contributed by atoms with Crippen molar-refractivity contribution < 1.29 is 18.3 Å². The molecule has 146 valence electrons. The number of hydrogen-bond acceptors (Lipinski definition) is 6. The van der Waals surface area contributed by atoms with Gasteiger partial charge in [0.25, 0.3) is 0 Å². The highest BCUT2D eigenvalue weighted by molar-refractivity contribution is 8.16. The summed E-state index contributed by atoms with van der Waals surface area (Å²) in [5.41, 5.74) is 6.10. The third-order valence-corrected chi connectivity index (χ3v) is 4.84. The zero-order chi connectivity index (χ0) is 20.1. The van der Waals surface area contributed by atoms with Gasteiger partial charge < -0.3 is 10.5 Å². The largest absolute Gasteiger partial charge is 0.489 e. The Balaban J connectivity index is 1.79. The van der Waals surface area contributed by atoms with Crippen LogP contribution in [0.1, 0.15) is 28.5 Å². The number of pyridine rings is 1. The smallest absolute Gasteiger partial charge is 0.185 e. The topological polar surface area (TPSA) is 77.6 Å². The normalized spacial score (nSPS) is 18.6. The Labute approximate surface area is 165 Å². The molecule has 2 heterocycles. The quantitative estimate of drug-likeness (QED) is 0.712. The molecule has 1 aliphatic heterocycles. The highest BCUT2D eigenvalue weighted by Crippen LogP contribution is 2.34. The van der Waals surface area contributed by atoms with E-state index in [0.717, 1.165) is 0 Å². The van der Waals surface area contributed by atoms with Crippen molar-refractivity contribution in [2.45, 2.75) is 18.9 Å². The summed E-state index contributed by atoms with van der Waals surface area (Å²) in [6.07, 6.45) is 3.20. The molecule has 0 unspecified atom stereocenters. The van der Waals surface area contributed by atoms with Crippen LogP contribution in [0.25, 0.3) is 0 Å². The molecule has 0 saturated heterocycles. The van der Waals surface area contributed by atoms with Gasteiger partial charge in [0, 0.05) is 12.0 Å². The van der Waals surface area contributed by atoms with E-state index in [2.05, 4.69) is 9.98 Å². The lowest BCUT2D eigenvalue weighted by molar-refractivity contribution is 0.0988. The molecule has 1 aromatic carbocycles. The Kier molecular flexibility index (Phi) is 6.08. The number of Topliss-reactive ketones (excluding diaryl/α,β-unsaturated/α-hetero) is 1. The number of hydrogen-bond donors (Lipinski definition) is 1. The molecule has 0 bridgehead atoms. The number of alkyl halides is 1. The van der Waals surface area contributed by atoms with Crippen LogP contribution in [-0.2, 0) is 12.0 Å². The first-order valence-electron chi connectivity index (χ1n) is 8.58. The van der Waals surface area contributed by atoms with Crippen LogP contribution >= 0.6 is 11.8 Å². The van der Waals surface area contributed by atoms with E-state index in [1.807, 2.05) is 0 Å². The van der Waals surface area contributed by atoms with E-state index in [1.54, 1.807) is 36.6 Å². The molecule has 2 N–H and O–H groups in total. The van der Waals surface area contributed by atoms with Gasteiger partial charge in [0.15, 0.2) is 11.0 Å². The number of benzene rings is 1. The first kappa shape index (κ1) is 20.0. The first-order valence-corrected chi connectivity index (χ1v) is 9.46. The van der Waals surface area contributed by atoms with E-state index in [0.29, 0.717) is 22.0 Å². The van der Waals surface area contributed by atoms with E-state index in [-0.39, 0.29) is 24.5 Å². The Morgan fingerprint density at radius 3 is 2.82 bits per heavy atom. The van der Waals surface area contributed by atoms with Gasteiger partial charge in [-0.2, -0.15) is 0 Å². The number of ether oxygens (including phenoxy) is 1. The molecule has 0 saturated carbocycles. The fourth-order valence-electron chi connectivity index (χ4n) is 2.81. The molecule has 0 fully saturated rings. The molecular weight excluding hydrogens is 384 g/mol. The summed E-state index contributed by atoms with van der Waals surface area (Å²) >= 11 is 1.27. The minimum atomic E-state index is -0.924. The molecule has 5 nitrogen and oxygen atoms in total. The second kappa shape index (κ2) is 8.52. The Hall–Kier alpha value is -2.74. The third-order valence-electron chi connectivity index (χ3n) is 4.23. The van der Waals surface area contributed by atoms with Gasteiger partial charge in [-0.25, -0.2) is 18.8 Å². The summed E-state index contributed by atoms with van der Waals surface area (Å²) in [5, 5.41) is 2.13. The highest BCUT2D eigenvalue weighted by Gasteiger charge is 2.29. The molecule has 0 radical (unpaired) electrons. The monoisotopic (exact) mass is 403 g/mol. The molecule has 2 aromatic rings. The summed E-state index contributed by atoms with van der Waals surface area (Å²) in [6, 6.07) is 7.60. The number of nitrogens with zero attached hydrogens (tertiary/aromatic N) is 2. The SMILES string of the molecule is C[C@@]1(c2cc(CC(=O)c3ccc(OCCF)cn3)ccc2F)C=CSC(N)=N1. The maximum atomic E-state index is 14.4. The van der Waals surface area contributed by atoms with E-state index in [1.165, 1.54) is 30.1 Å². The Morgan fingerprint density at radius 2 is 2.14 bits per heavy atom. The molecule has 8 heteroatoms. The van der Waals surface area contributed by atoms with Crippen molar-refractivity contribution in [1.82, 2.24) is 4.98 Å². The molecule has 28 heavy (non-hydrogen) atoms. The minimum absolute atomic E-state index is 0.0543. The number of aromatic nitrogens is 1. The van der Waals surface area contributed by atoms with Crippen molar-refractivity contribution in [3.05, 3.63) is 70.7 Å². The summed E-state index contributed by atoms with van der Waals surface area (Å²) < 4.78 is 31.7. The van der Waals surface area contributed by atoms with Crippen LogP contribution in [0.5, 0.6) is 5.75 Å². The maximum absolute atomic E-state index is 14.4. The predicted octanol–water partition coefficient (Wildman–Crippen LogP) is 3.78. The number of halogens is 2. The zero-order valence-corrected chi connectivity index (χ0v) is 16.0. The van der Waals surface area contributed by atoms with Crippen molar-refractivity contribution in [2.24, 2.45) is 10.7 Å². The molecule has 1 atom stereocenters. The average Bonchev–Trinajstić information content (AvgIpc) is 2.68. The van der Waals surface area contributed by atoms with E-state index >= 15 is 0 Å². The van der Waals surface area contributed by atoms with Gasteiger partial charge in [-0.05, 0) is 48.2 Å². The lowest BCUT2D eigenvalue weighted by Crippen LogP contribution is -2.25. The Morgan fingerprint density at radius 1 is 1.32 bits per heavy atom. The van der Waals surface area contributed by atoms with Crippen LogP contribution in [0.3, 0.4) is 0 Å². The first-order chi connectivity index (χ1) is 13.4. The van der Waals surface area contributed by atoms with Crippen molar-refractivity contribution in [3.8, 4) is 5.75 Å². The van der Waals surface area contributed by atoms with Crippen LogP contribution in [0, 0.1) is 5.82 Å². The van der Waals surface area contributed by atoms with Crippen LogP contribution in [-0.4, -0.2) is 29.2 Å². The number of amidine groups is 1. The number of thioether (sulfide) groups is 1. The number of carbonyl (C=O) groups excluding carboxylic acids is 1. The number of aliphatic imine (C=N–C) groups is 1. The van der Waals surface area contributed by atoms with Crippen molar-refractivity contribution in [1.29, 1.82) is 0 Å². The standard InChI is InChI=1S/C20H19F2N3O2S/c1-20(6-9-28-19(23)25-20)15-10-13(2-4-16(15)22)11-18(26)17-5-3-14(12-24-17)27-8-7-21/h2-6,9-10,12H,7-8,11H2,1H3,(H2,23,25)/t20-/m0/s1. The molecule has 0 aliphatic carbocycles. The second-order valence-electron chi connectivity index (χ2n) is 6.35. The summed E-state index contributed by atoms with van der Waals surface area (Å²) in [5.74, 6) is -0.250. The summed E-state index contributed by atoms with van der Waals surface area (Å²) in [7, 11) is 0. The van der Waals surface area contributed by atoms with Crippen molar-refractivity contribution >= 4 is 22.7 Å². The van der Waals surface area contributed by atoms with Gasteiger partial charge in [0.2, 0.25) is 0 Å². The molecular formula is C20H19F2N3O2S. The van der Waals surface area contributed by atoms with E-state index in [4.69, 9.17) is 10.5 Å². The maximum Gasteiger partial charge on any atom is 0.185 e. The molecule has 3 rings (SSSR count). The molecule has 1 aliphatic rings. The Bertz CT molecular complexity index is 932. The fraction of sp³-hybridized carbons (Fsp3) is 0.250. The molecule has 1 aromatic heterocycles. The number of carbonyl (C=O) groups is 1. The van der Waals surface area contributed by atoms with Gasteiger partial charge >= 0.3 is 0 Å². The molecule has 0 spiro atoms. The highest BCUT2D eigenvalue weighted by atomic mass is 32.2.